The van der Waals surface area contributed by atoms with Gasteiger partial charge in [0.2, 0.25) is 0 Å². The first-order valence-corrected chi connectivity index (χ1v) is 10.5. The standard InChI is InChI=1S/C24H34O8/c1-4-23(29,13-16-9-5-7-11-19(16)31-2)22(28)24(30,21(27)18(26)15-25)14-17-10-6-8-12-20(17)32-3/h5-12,18,21-22,25-30H,4,13-15H2,1-3H3/t18-,21+,22+,23?,24+/m0/s1. The van der Waals surface area contributed by atoms with E-state index in [2.05, 4.69) is 0 Å². The lowest BCUT2D eigenvalue weighted by Crippen LogP contribution is -2.66. The Morgan fingerprint density at radius 2 is 1.28 bits per heavy atom. The van der Waals surface area contributed by atoms with Crippen LogP contribution in [0.5, 0.6) is 11.5 Å². The number of para-hydroxylation sites is 2. The minimum atomic E-state index is -2.43. The second-order valence-electron chi connectivity index (χ2n) is 8.02. The van der Waals surface area contributed by atoms with Crippen molar-refractivity contribution < 1.29 is 40.1 Å². The van der Waals surface area contributed by atoms with Crippen LogP contribution in [-0.2, 0) is 12.8 Å². The summed E-state index contributed by atoms with van der Waals surface area (Å²) in [4.78, 5) is 0. The Bertz CT molecular complexity index is 859. The number of aliphatic hydroxyl groups excluding tert-OH is 4. The van der Waals surface area contributed by atoms with Crippen LogP contribution in [-0.4, -0.2) is 81.0 Å². The molecule has 0 aliphatic heterocycles. The summed E-state index contributed by atoms with van der Waals surface area (Å²) in [5.74, 6) is 0.893. The van der Waals surface area contributed by atoms with Gasteiger partial charge in [0.15, 0.2) is 0 Å². The predicted octanol–water partition coefficient (Wildman–Crippen LogP) is 0.436. The molecule has 0 aromatic heterocycles. The van der Waals surface area contributed by atoms with Crippen molar-refractivity contribution in [3.63, 3.8) is 0 Å². The molecule has 32 heavy (non-hydrogen) atoms. The molecule has 5 atom stereocenters. The van der Waals surface area contributed by atoms with Gasteiger partial charge >= 0.3 is 0 Å². The highest BCUT2D eigenvalue weighted by molar-refractivity contribution is 5.37. The predicted molar refractivity (Wildman–Crippen MR) is 119 cm³/mol. The van der Waals surface area contributed by atoms with Crippen LogP contribution in [0.4, 0.5) is 0 Å². The molecule has 0 spiro atoms. The van der Waals surface area contributed by atoms with Crippen LogP contribution >= 0.6 is 0 Å². The van der Waals surface area contributed by atoms with Crippen molar-refractivity contribution in [3.05, 3.63) is 59.7 Å². The van der Waals surface area contributed by atoms with Crippen LogP contribution in [0.15, 0.2) is 48.5 Å². The van der Waals surface area contributed by atoms with Crippen molar-refractivity contribution >= 4 is 0 Å². The summed E-state index contributed by atoms with van der Waals surface area (Å²) in [7, 11) is 2.93. The Morgan fingerprint density at radius 1 is 0.812 bits per heavy atom. The number of ether oxygens (including phenoxy) is 2. The first kappa shape index (κ1) is 26.1. The van der Waals surface area contributed by atoms with E-state index < -0.39 is 36.1 Å². The van der Waals surface area contributed by atoms with E-state index in [1.54, 1.807) is 55.5 Å². The summed E-state index contributed by atoms with van der Waals surface area (Å²) in [6, 6.07) is 13.7. The van der Waals surface area contributed by atoms with Gasteiger partial charge in [-0.25, -0.2) is 0 Å². The van der Waals surface area contributed by atoms with Crippen molar-refractivity contribution in [2.24, 2.45) is 0 Å². The van der Waals surface area contributed by atoms with Crippen molar-refractivity contribution in [3.8, 4) is 11.5 Å². The molecule has 8 nitrogen and oxygen atoms in total. The Kier molecular flexibility index (Phi) is 9.03. The van der Waals surface area contributed by atoms with E-state index in [-0.39, 0.29) is 19.3 Å². The van der Waals surface area contributed by atoms with E-state index in [0.717, 1.165) is 0 Å². The minimum absolute atomic E-state index is 0.0163. The molecule has 6 N–H and O–H groups in total. The summed E-state index contributed by atoms with van der Waals surface area (Å²) < 4.78 is 10.6. The number of rotatable bonds is 12. The molecule has 0 amide bonds. The molecule has 0 saturated heterocycles. The first-order valence-electron chi connectivity index (χ1n) is 10.5. The Balaban J connectivity index is 2.52. The van der Waals surface area contributed by atoms with Gasteiger partial charge in [-0.1, -0.05) is 43.3 Å². The lowest BCUT2D eigenvalue weighted by Gasteiger charge is -2.46. The molecule has 0 saturated carbocycles. The molecule has 2 aromatic carbocycles. The molecule has 8 heteroatoms. The van der Waals surface area contributed by atoms with Gasteiger partial charge in [0, 0.05) is 12.8 Å². The van der Waals surface area contributed by atoms with E-state index >= 15 is 0 Å². The molecule has 0 aliphatic rings. The molecule has 0 bridgehead atoms. The summed E-state index contributed by atoms with van der Waals surface area (Å²) in [6.07, 6.45) is -6.07. The number of aliphatic hydroxyl groups is 6. The third-order valence-electron chi connectivity index (χ3n) is 6.01. The molecule has 0 heterocycles. The van der Waals surface area contributed by atoms with Crippen LogP contribution in [0.1, 0.15) is 24.5 Å². The highest BCUT2D eigenvalue weighted by Gasteiger charge is 2.54. The maximum Gasteiger partial charge on any atom is 0.126 e. The summed E-state index contributed by atoms with van der Waals surface area (Å²) >= 11 is 0. The van der Waals surface area contributed by atoms with Crippen LogP contribution in [0.2, 0.25) is 0 Å². The monoisotopic (exact) mass is 450 g/mol. The fourth-order valence-corrected chi connectivity index (χ4v) is 4.01. The van der Waals surface area contributed by atoms with Gasteiger partial charge in [-0.15, -0.1) is 0 Å². The molecule has 2 aromatic rings. The van der Waals surface area contributed by atoms with E-state index in [9.17, 15) is 30.6 Å². The van der Waals surface area contributed by atoms with Gasteiger partial charge in [0.25, 0.3) is 0 Å². The fourth-order valence-electron chi connectivity index (χ4n) is 4.01. The van der Waals surface area contributed by atoms with Crippen LogP contribution < -0.4 is 9.47 Å². The van der Waals surface area contributed by atoms with Gasteiger partial charge in [0.05, 0.1) is 26.4 Å². The number of hydrogen-bond acceptors (Lipinski definition) is 8. The normalized spacial score (nSPS) is 18.2. The lowest BCUT2D eigenvalue weighted by atomic mass is 9.72. The van der Waals surface area contributed by atoms with Gasteiger partial charge in [-0.3, -0.25) is 0 Å². The quantitative estimate of drug-likeness (QED) is 0.274. The van der Waals surface area contributed by atoms with Crippen LogP contribution in [0.25, 0.3) is 0 Å². The Hall–Kier alpha value is -2.20. The van der Waals surface area contributed by atoms with Crippen molar-refractivity contribution in [1.29, 1.82) is 0 Å². The smallest absolute Gasteiger partial charge is 0.126 e. The third-order valence-corrected chi connectivity index (χ3v) is 6.01. The maximum atomic E-state index is 11.6. The molecule has 2 rings (SSSR count). The van der Waals surface area contributed by atoms with Gasteiger partial charge < -0.3 is 40.1 Å². The van der Waals surface area contributed by atoms with E-state index in [1.165, 1.54) is 14.2 Å². The highest BCUT2D eigenvalue weighted by atomic mass is 16.5. The lowest BCUT2D eigenvalue weighted by molar-refractivity contribution is -0.229. The molecule has 0 radical (unpaired) electrons. The second-order valence-corrected chi connectivity index (χ2v) is 8.02. The van der Waals surface area contributed by atoms with Crippen molar-refractivity contribution in [2.75, 3.05) is 20.8 Å². The maximum absolute atomic E-state index is 11.6. The minimum Gasteiger partial charge on any atom is -0.496 e. The topological polar surface area (TPSA) is 140 Å². The second kappa shape index (κ2) is 11.1. The number of benzene rings is 2. The van der Waals surface area contributed by atoms with Crippen molar-refractivity contribution in [2.45, 2.75) is 55.7 Å². The first-order chi connectivity index (χ1) is 15.2. The van der Waals surface area contributed by atoms with Crippen LogP contribution in [0.3, 0.4) is 0 Å². The molecule has 178 valence electrons. The molecule has 0 aliphatic carbocycles. The Morgan fingerprint density at radius 3 is 1.72 bits per heavy atom. The highest BCUT2D eigenvalue weighted by Crippen LogP contribution is 2.37. The third kappa shape index (κ3) is 5.40. The van der Waals surface area contributed by atoms with Gasteiger partial charge in [-0.05, 0) is 29.7 Å². The summed E-state index contributed by atoms with van der Waals surface area (Å²) in [5.41, 5.74) is -3.29. The zero-order valence-corrected chi connectivity index (χ0v) is 18.7. The van der Waals surface area contributed by atoms with Gasteiger partial charge in [-0.2, -0.15) is 0 Å². The molecule has 0 fully saturated rings. The van der Waals surface area contributed by atoms with Crippen LogP contribution in [0, 0.1) is 0 Å². The number of hydrogen-bond donors (Lipinski definition) is 6. The number of methoxy groups -OCH3 is 2. The zero-order chi connectivity index (χ0) is 23.9. The summed E-state index contributed by atoms with van der Waals surface area (Å²) in [5, 5.41) is 64.6. The van der Waals surface area contributed by atoms with Crippen molar-refractivity contribution in [1.82, 2.24) is 0 Å². The Labute approximate surface area is 188 Å². The average Bonchev–Trinajstić information content (AvgIpc) is 2.82. The zero-order valence-electron chi connectivity index (χ0n) is 18.7. The van der Waals surface area contributed by atoms with E-state index in [0.29, 0.717) is 22.6 Å². The largest absolute Gasteiger partial charge is 0.496 e. The average molecular weight is 451 g/mol. The molecular weight excluding hydrogens is 416 g/mol. The van der Waals surface area contributed by atoms with E-state index in [4.69, 9.17) is 9.47 Å². The fraction of sp³-hybridized carbons (Fsp3) is 0.500. The molecular formula is C24H34O8. The summed E-state index contributed by atoms with van der Waals surface area (Å²) in [6.45, 7) is 0.788. The SMILES string of the molecule is CCC(O)(Cc1ccccc1OC)[C@@H](O)[C@@](O)(Cc1ccccc1OC)[C@H](O)[C@@H](O)CO. The molecule has 1 unspecified atom stereocenters. The van der Waals surface area contributed by atoms with E-state index in [1.807, 2.05) is 0 Å². The van der Waals surface area contributed by atoms with Gasteiger partial charge in [0.1, 0.15) is 35.4 Å².